The molecule has 0 aromatic heterocycles. The van der Waals surface area contributed by atoms with Crippen LogP contribution in [0.25, 0.3) is 0 Å². The molecule has 0 aromatic rings. The second-order valence-electron chi connectivity index (χ2n) is 6.31. The fourth-order valence-electron chi connectivity index (χ4n) is 3.18. The minimum Gasteiger partial charge on any atom is -0.459 e. The molecule has 0 radical (unpaired) electrons. The van der Waals surface area contributed by atoms with Crippen LogP contribution in [-0.4, -0.2) is 69.7 Å². The molecule has 2 aliphatic heterocycles. The highest BCUT2D eigenvalue weighted by Gasteiger charge is 2.46. The SMILES string of the molecule is CC(C)C(O)(C(=O)OCC1=CCN2CCC(O)C12)C(C)O.Cl. The predicted molar refractivity (Wildman–Crippen MR) is 83.7 cm³/mol. The summed E-state index contributed by atoms with van der Waals surface area (Å²) in [6.07, 6.45) is 1.03. The summed E-state index contributed by atoms with van der Waals surface area (Å²) in [5.74, 6) is -1.28. The minimum absolute atomic E-state index is 0. The number of carbonyl (C=O) groups is 1. The molecule has 1 saturated heterocycles. The molecule has 4 atom stereocenters. The van der Waals surface area contributed by atoms with Gasteiger partial charge < -0.3 is 20.1 Å². The molecule has 2 rings (SSSR count). The molecule has 0 aromatic carbocycles. The fraction of sp³-hybridized carbons (Fsp3) is 0.800. The van der Waals surface area contributed by atoms with Gasteiger partial charge in [-0.2, -0.15) is 0 Å². The van der Waals surface area contributed by atoms with Crippen molar-refractivity contribution in [3.8, 4) is 0 Å². The van der Waals surface area contributed by atoms with Crippen molar-refractivity contribution < 1.29 is 24.9 Å². The van der Waals surface area contributed by atoms with Crippen LogP contribution in [0.4, 0.5) is 0 Å². The first kappa shape index (κ1) is 19.4. The quantitative estimate of drug-likeness (QED) is 0.487. The van der Waals surface area contributed by atoms with E-state index in [1.807, 2.05) is 6.08 Å². The molecule has 0 saturated carbocycles. The monoisotopic (exact) mass is 335 g/mol. The van der Waals surface area contributed by atoms with Crippen LogP contribution in [0.3, 0.4) is 0 Å². The molecule has 2 aliphatic rings. The van der Waals surface area contributed by atoms with Crippen molar-refractivity contribution in [2.75, 3.05) is 19.7 Å². The Bertz CT molecular complexity index is 430. The van der Waals surface area contributed by atoms with Crippen molar-refractivity contribution in [3.05, 3.63) is 11.6 Å². The Labute approximate surface area is 137 Å². The summed E-state index contributed by atoms with van der Waals surface area (Å²) >= 11 is 0. The van der Waals surface area contributed by atoms with Crippen molar-refractivity contribution in [1.82, 2.24) is 4.90 Å². The third-order valence-corrected chi connectivity index (χ3v) is 4.65. The van der Waals surface area contributed by atoms with Gasteiger partial charge in [0.1, 0.15) is 6.61 Å². The summed E-state index contributed by atoms with van der Waals surface area (Å²) in [6, 6.07) is -0.0866. The van der Waals surface area contributed by atoms with Crippen molar-refractivity contribution in [2.45, 2.75) is 51.0 Å². The summed E-state index contributed by atoms with van der Waals surface area (Å²) in [5.41, 5.74) is -1.04. The van der Waals surface area contributed by atoms with Crippen LogP contribution >= 0.6 is 12.4 Å². The lowest BCUT2D eigenvalue weighted by Crippen LogP contribution is -2.53. The van der Waals surface area contributed by atoms with Gasteiger partial charge in [0.15, 0.2) is 5.60 Å². The summed E-state index contributed by atoms with van der Waals surface area (Å²) in [7, 11) is 0. The molecule has 2 heterocycles. The Morgan fingerprint density at radius 1 is 1.50 bits per heavy atom. The number of hydrogen-bond acceptors (Lipinski definition) is 6. The topological polar surface area (TPSA) is 90.2 Å². The lowest BCUT2D eigenvalue weighted by Gasteiger charge is -2.32. The number of nitrogens with zero attached hydrogens (tertiary/aromatic N) is 1. The number of carbonyl (C=O) groups excluding carboxylic acids is 1. The summed E-state index contributed by atoms with van der Waals surface area (Å²) in [5, 5.41) is 30.0. The average molecular weight is 336 g/mol. The molecule has 3 N–H and O–H groups in total. The molecule has 22 heavy (non-hydrogen) atoms. The Hall–Kier alpha value is -0.660. The zero-order valence-corrected chi connectivity index (χ0v) is 14.0. The van der Waals surface area contributed by atoms with Crippen LogP contribution in [0.15, 0.2) is 11.6 Å². The first-order chi connectivity index (χ1) is 9.78. The van der Waals surface area contributed by atoms with Gasteiger partial charge in [-0.25, -0.2) is 4.79 Å². The highest BCUT2D eigenvalue weighted by atomic mass is 35.5. The van der Waals surface area contributed by atoms with Crippen LogP contribution in [0, 0.1) is 5.92 Å². The van der Waals surface area contributed by atoms with Gasteiger partial charge >= 0.3 is 5.97 Å². The van der Waals surface area contributed by atoms with Gasteiger partial charge in [-0.05, 0) is 24.8 Å². The molecular weight excluding hydrogens is 310 g/mol. The lowest BCUT2D eigenvalue weighted by molar-refractivity contribution is -0.183. The normalized spacial score (nSPS) is 28.6. The van der Waals surface area contributed by atoms with E-state index < -0.39 is 29.7 Å². The highest BCUT2D eigenvalue weighted by molar-refractivity contribution is 5.85. The molecule has 128 valence electrons. The van der Waals surface area contributed by atoms with Crippen LogP contribution in [-0.2, 0) is 9.53 Å². The van der Waals surface area contributed by atoms with Crippen LogP contribution in [0.5, 0.6) is 0 Å². The maximum Gasteiger partial charge on any atom is 0.341 e. The third kappa shape index (κ3) is 3.31. The number of aliphatic hydroxyl groups is 3. The molecule has 4 unspecified atom stereocenters. The molecule has 1 fully saturated rings. The van der Waals surface area contributed by atoms with E-state index in [9.17, 15) is 20.1 Å². The van der Waals surface area contributed by atoms with E-state index in [1.54, 1.807) is 13.8 Å². The largest absolute Gasteiger partial charge is 0.459 e. The first-order valence-electron chi connectivity index (χ1n) is 7.47. The number of esters is 1. The standard InChI is InChI=1S/C15H25NO5.ClH/c1-9(2)15(20,10(3)17)14(19)21-8-11-4-6-16-7-5-12(18)13(11)16;/h4,9-10,12-13,17-18,20H,5-8H2,1-3H3;1H. The number of rotatable bonds is 5. The van der Waals surface area contributed by atoms with Gasteiger partial charge in [-0.15, -0.1) is 12.4 Å². The molecule has 0 spiro atoms. The Kier molecular flexibility index (Phi) is 6.41. The van der Waals surface area contributed by atoms with Crippen molar-refractivity contribution >= 4 is 18.4 Å². The molecule has 0 bridgehead atoms. The van der Waals surface area contributed by atoms with Gasteiger partial charge in [0.25, 0.3) is 0 Å². The maximum atomic E-state index is 12.1. The Balaban J connectivity index is 0.00000242. The number of ether oxygens (including phenoxy) is 1. The highest BCUT2D eigenvalue weighted by Crippen LogP contribution is 2.30. The van der Waals surface area contributed by atoms with Gasteiger partial charge in [-0.3, -0.25) is 4.90 Å². The van der Waals surface area contributed by atoms with Crippen LogP contribution < -0.4 is 0 Å². The molecule has 6 nitrogen and oxygen atoms in total. The smallest absolute Gasteiger partial charge is 0.341 e. The van der Waals surface area contributed by atoms with Gasteiger partial charge in [0, 0.05) is 13.1 Å². The van der Waals surface area contributed by atoms with E-state index in [0.717, 1.165) is 25.1 Å². The zero-order chi connectivity index (χ0) is 15.8. The van der Waals surface area contributed by atoms with Gasteiger partial charge in [0.05, 0.1) is 18.2 Å². The second-order valence-corrected chi connectivity index (χ2v) is 6.31. The predicted octanol–water partition coefficient (Wildman–Crippen LogP) is 0.0945. The summed E-state index contributed by atoms with van der Waals surface area (Å²) in [4.78, 5) is 14.3. The zero-order valence-electron chi connectivity index (χ0n) is 13.2. The third-order valence-electron chi connectivity index (χ3n) is 4.65. The Morgan fingerprint density at radius 3 is 2.68 bits per heavy atom. The minimum atomic E-state index is -1.91. The van der Waals surface area contributed by atoms with Crippen molar-refractivity contribution in [1.29, 1.82) is 0 Å². The number of fused-ring (bicyclic) bond motifs is 1. The first-order valence-corrected chi connectivity index (χ1v) is 7.47. The van der Waals surface area contributed by atoms with Crippen molar-refractivity contribution in [2.24, 2.45) is 5.92 Å². The number of halogens is 1. The lowest BCUT2D eigenvalue weighted by atomic mass is 9.85. The molecule has 0 amide bonds. The van der Waals surface area contributed by atoms with E-state index in [4.69, 9.17) is 4.74 Å². The fourth-order valence-corrected chi connectivity index (χ4v) is 3.18. The molecular formula is C15H26ClNO5. The van der Waals surface area contributed by atoms with Crippen molar-refractivity contribution in [3.63, 3.8) is 0 Å². The van der Waals surface area contributed by atoms with E-state index in [1.165, 1.54) is 6.92 Å². The maximum absolute atomic E-state index is 12.1. The Morgan fingerprint density at radius 2 is 2.14 bits per heavy atom. The molecule has 7 heteroatoms. The number of aliphatic hydroxyl groups excluding tert-OH is 2. The van der Waals surface area contributed by atoms with Gasteiger partial charge in [-0.1, -0.05) is 19.9 Å². The average Bonchev–Trinajstić information content (AvgIpc) is 2.98. The number of hydrogen-bond donors (Lipinski definition) is 3. The summed E-state index contributed by atoms with van der Waals surface area (Å²) in [6.45, 7) is 6.32. The van der Waals surface area contributed by atoms with E-state index >= 15 is 0 Å². The van der Waals surface area contributed by atoms with Crippen LogP contribution in [0.1, 0.15) is 27.2 Å². The van der Waals surface area contributed by atoms with Crippen LogP contribution in [0.2, 0.25) is 0 Å². The van der Waals surface area contributed by atoms with E-state index in [0.29, 0.717) is 0 Å². The van der Waals surface area contributed by atoms with Gasteiger partial charge in [0.2, 0.25) is 0 Å². The van der Waals surface area contributed by atoms with E-state index in [-0.39, 0.29) is 25.1 Å². The second kappa shape index (κ2) is 7.27. The summed E-state index contributed by atoms with van der Waals surface area (Å²) < 4.78 is 5.22. The molecule has 0 aliphatic carbocycles. The van der Waals surface area contributed by atoms with E-state index in [2.05, 4.69) is 4.90 Å².